The van der Waals surface area contributed by atoms with Gasteiger partial charge in [-0.2, -0.15) is 0 Å². The quantitative estimate of drug-likeness (QED) is 0.0293. The predicted octanol–water partition coefficient (Wildman–Crippen LogP) is 6.40. The highest BCUT2D eigenvalue weighted by atomic mass is 16.4. The van der Waals surface area contributed by atoms with Crippen molar-refractivity contribution in [2.45, 2.75) is 270 Å². The van der Waals surface area contributed by atoms with Crippen LogP contribution in [0.1, 0.15) is 234 Å². The summed E-state index contributed by atoms with van der Waals surface area (Å²) in [6.07, 6.45) is 23.1. The molecule has 0 bridgehead atoms. The van der Waals surface area contributed by atoms with E-state index in [0.717, 1.165) is 51.4 Å². The molecular weight excluding hydrogens is 1010 g/mol. The third kappa shape index (κ3) is 36.3. The summed E-state index contributed by atoms with van der Waals surface area (Å²) < 4.78 is 0. The third-order valence-corrected chi connectivity index (χ3v) is 13.4. The van der Waals surface area contributed by atoms with Gasteiger partial charge in [0.1, 0.15) is 36.3 Å². The molecule has 22 nitrogen and oxygen atoms in total. The molecule has 0 fully saturated rings. The zero-order valence-corrected chi connectivity index (χ0v) is 47.8. The zero-order valence-electron chi connectivity index (χ0n) is 47.8. The Kier molecular flexibility index (Phi) is 40.8. The maximum atomic E-state index is 14.0. The van der Waals surface area contributed by atoms with Crippen molar-refractivity contribution in [1.29, 1.82) is 0 Å². The maximum Gasteiger partial charge on any atom is 0.326 e. The number of unbranched alkanes of at least 4 members (excludes halogenated alkanes) is 21. The molecule has 0 aromatic heterocycles. The predicted molar refractivity (Wildman–Crippen MR) is 295 cm³/mol. The van der Waals surface area contributed by atoms with E-state index in [1.165, 1.54) is 111 Å². The number of carboxylic acids is 4. The Hall–Kier alpha value is -5.83. The lowest BCUT2D eigenvalue weighted by molar-refractivity contribution is -0.147. The van der Waals surface area contributed by atoms with Gasteiger partial charge in [0.2, 0.25) is 41.4 Å². The third-order valence-electron chi connectivity index (χ3n) is 13.4. The number of rotatable bonds is 49. The molecule has 78 heavy (non-hydrogen) atoms. The SMILES string of the molecule is CCCCCCCCCCCCCC(=O)NCCCC[C@H](NC(=O)CCCCCCCCCCCCC)C(=O)N[C@@H](CC(=O)O)C(=O)N[C@H](C(=O)N[C@@H](CC(=O)O)C(=O)N[C@H](C(=O)N[C@@H](CC(=O)O)C(=O)O)C(C)C)C(C)C. The van der Waals surface area contributed by atoms with Gasteiger partial charge in [-0.25, -0.2) is 4.79 Å². The van der Waals surface area contributed by atoms with Crippen molar-refractivity contribution in [3.63, 3.8) is 0 Å². The summed E-state index contributed by atoms with van der Waals surface area (Å²) >= 11 is 0. The summed E-state index contributed by atoms with van der Waals surface area (Å²) in [5, 5.41) is 55.0. The molecule has 7 amide bonds. The normalized spacial score (nSPS) is 13.5. The van der Waals surface area contributed by atoms with E-state index in [1.807, 2.05) is 5.32 Å². The van der Waals surface area contributed by atoms with Crippen LogP contribution in [0.15, 0.2) is 0 Å². The Morgan fingerprint density at radius 1 is 0.333 bits per heavy atom. The Morgan fingerprint density at radius 2 is 0.654 bits per heavy atom. The van der Waals surface area contributed by atoms with Crippen LogP contribution in [0.3, 0.4) is 0 Å². The van der Waals surface area contributed by atoms with Gasteiger partial charge in [0.25, 0.3) is 0 Å². The topological polar surface area (TPSA) is 353 Å². The minimum absolute atomic E-state index is 0.0788. The standard InChI is InChI=1S/C56H99N7O15/c1-7-9-11-13-15-17-19-21-23-25-27-32-44(64)57-34-30-29-31-40(58-45(65)33-28-26-24-22-20-18-16-14-12-10-8-2)51(72)59-41(35-46(66)67)52(73)62-49(38(3)4)54(75)60-42(36-47(68)69)53(74)63-50(39(5)6)55(76)61-43(56(77)78)37-48(70)71/h38-43,49-50H,7-37H2,1-6H3,(H,57,64)(H,58,65)(H,59,72)(H,60,75)(H,61,76)(H,62,73)(H,63,74)(H,66,67)(H,68,69)(H,70,71)(H,77,78)/t40-,41-,42-,43-,49-,50-/m0/s1. The van der Waals surface area contributed by atoms with Crippen molar-refractivity contribution in [2.75, 3.05) is 6.54 Å². The van der Waals surface area contributed by atoms with Crippen molar-refractivity contribution in [2.24, 2.45) is 11.8 Å². The summed E-state index contributed by atoms with van der Waals surface area (Å²) in [6, 6.07) is -9.84. The number of hydrogen-bond donors (Lipinski definition) is 11. The first-order valence-electron chi connectivity index (χ1n) is 29.0. The second-order valence-corrected chi connectivity index (χ2v) is 21.3. The molecule has 0 saturated heterocycles. The molecule has 22 heteroatoms. The molecule has 0 radical (unpaired) electrons. The number of carbonyl (C=O) groups excluding carboxylic acids is 7. The van der Waals surface area contributed by atoms with E-state index in [1.54, 1.807) is 0 Å². The number of aliphatic carboxylic acids is 4. The van der Waals surface area contributed by atoms with Crippen LogP contribution < -0.4 is 37.2 Å². The number of amides is 7. The minimum atomic E-state index is -1.89. The average Bonchev–Trinajstić information content (AvgIpc) is 3.36. The van der Waals surface area contributed by atoms with Gasteiger partial charge in [0.05, 0.1) is 19.3 Å². The molecule has 0 saturated carbocycles. The molecule has 0 heterocycles. The lowest BCUT2D eigenvalue weighted by Crippen LogP contribution is -2.61. The van der Waals surface area contributed by atoms with Crippen LogP contribution in [0.2, 0.25) is 0 Å². The molecular formula is C56H99N7O15. The van der Waals surface area contributed by atoms with Crippen LogP contribution in [0, 0.1) is 11.8 Å². The highest BCUT2D eigenvalue weighted by Crippen LogP contribution is 2.15. The monoisotopic (exact) mass is 1110 g/mol. The highest BCUT2D eigenvalue weighted by Gasteiger charge is 2.36. The lowest BCUT2D eigenvalue weighted by Gasteiger charge is -2.29. The van der Waals surface area contributed by atoms with E-state index in [0.29, 0.717) is 32.2 Å². The number of nitrogens with one attached hydrogen (secondary N) is 7. The smallest absolute Gasteiger partial charge is 0.326 e. The van der Waals surface area contributed by atoms with Gasteiger partial charge < -0.3 is 57.6 Å². The fraction of sp³-hybridized carbons (Fsp3) is 0.804. The van der Waals surface area contributed by atoms with E-state index in [9.17, 15) is 68.1 Å². The van der Waals surface area contributed by atoms with Crippen molar-refractivity contribution < 1.29 is 73.2 Å². The fourth-order valence-corrected chi connectivity index (χ4v) is 8.74. The van der Waals surface area contributed by atoms with Gasteiger partial charge in [-0.1, -0.05) is 170 Å². The molecule has 448 valence electrons. The molecule has 0 rings (SSSR count). The number of carboxylic acid groups (broad SMARTS) is 4. The van der Waals surface area contributed by atoms with E-state index in [2.05, 4.69) is 45.7 Å². The van der Waals surface area contributed by atoms with Gasteiger partial charge in [-0.15, -0.1) is 0 Å². The van der Waals surface area contributed by atoms with Crippen molar-refractivity contribution in [3.05, 3.63) is 0 Å². The van der Waals surface area contributed by atoms with E-state index >= 15 is 0 Å². The molecule has 0 aliphatic carbocycles. The Bertz CT molecular complexity index is 1830. The van der Waals surface area contributed by atoms with Crippen molar-refractivity contribution in [1.82, 2.24) is 37.2 Å². The van der Waals surface area contributed by atoms with E-state index in [-0.39, 0.29) is 18.7 Å². The van der Waals surface area contributed by atoms with Gasteiger partial charge in [0.15, 0.2) is 0 Å². The molecule has 0 unspecified atom stereocenters. The second-order valence-electron chi connectivity index (χ2n) is 21.3. The first-order chi connectivity index (χ1) is 37.0. The largest absolute Gasteiger partial charge is 0.481 e. The van der Waals surface area contributed by atoms with Gasteiger partial charge in [-0.05, 0) is 43.9 Å². The van der Waals surface area contributed by atoms with Crippen LogP contribution >= 0.6 is 0 Å². The number of hydrogen-bond acceptors (Lipinski definition) is 11. The summed E-state index contributed by atoms with van der Waals surface area (Å²) in [6.45, 7) is 10.6. The molecule has 0 aromatic carbocycles. The molecule has 6 atom stereocenters. The summed E-state index contributed by atoms with van der Waals surface area (Å²) in [7, 11) is 0. The number of carbonyl (C=O) groups is 11. The lowest BCUT2D eigenvalue weighted by atomic mass is 10.00. The van der Waals surface area contributed by atoms with Crippen molar-refractivity contribution in [3.8, 4) is 0 Å². The van der Waals surface area contributed by atoms with Crippen LogP contribution in [-0.4, -0.2) is 128 Å². The first kappa shape index (κ1) is 72.2. The van der Waals surface area contributed by atoms with Crippen LogP contribution in [0.5, 0.6) is 0 Å². The van der Waals surface area contributed by atoms with Crippen LogP contribution in [0.25, 0.3) is 0 Å². The maximum absolute atomic E-state index is 14.0. The van der Waals surface area contributed by atoms with Gasteiger partial charge in [0, 0.05) is 19.4 Å². The van der Waals surface area contributed by atoms with Crippen LogP contribution in [0.4, 0.5) is 0 Å². The van der Waals surface area contributed by atoms with E-state index in [4.69, 9.17) is 5.11 Å². The zero-order chi connectivity index (χ0) is 58.8. The Morgan fingerprint density at radius 3 is 1.01 bits per heavy atom. The highest BCUT2D eigenvalue weighted by molar-refractivity contribution is 5.98. The van der Waals surface area contributed by atoms with Crippen molar-refractivity contribution >= 4 is 65.2 Å². The fourth-order valence-electron chi connectivity index (χ4n) is 8.74. The Labute approximate surface area is 463 Å². The summed E-state index contributed by atoms with van der Waals surface area (Å²) in [5.74, 6) is -13.7. The Balaban J connectivity index is 5.98. The molecule has 0 aliphatic heterocycles. The summed E-state index contributed by atoms with van der Waals surface area (Å²) in [5.41, 5.74) is 0. The van der Waals surface area contributed by atoms with Crippen LogP contribution in [-0.2, 0) is 52.7 Å². The summed E-state index contributed by atoms with van der Waals surface area (Å²) in [4.78, 5) is 141. The van der Waals surface area contributed by atoms with Gasteiger partial charge >= 0.3 is 23.9 Å². The second kappa shape index (κ2) is 44.1. The molecule has 0 spiro atoms. The molecule has 0 aliphatic rings. The molecule has 11 N–H and O–H groups in total. The first-order valence-corrected chi connectivity index (χ1v) is 29.0. The van der Waals surface area contributed by atoms with E-state index < -0.39 is 127 Å². The molecule has 0 aromatic rings. The average molecular weight is 1110 g/mol. The van der Waals surface area contributed by atoms with Gasteiger partial charge in [-0.3, -0.25) is 47.9 Å². The minimum Gasteiger partial charge on any atom is -0.481 e.